The molecule has 2 nitrogen and oxygen atoms in total. The third-order valence-electron chi connectivity index (χ3n) is 3.49. The monoisotopic (exact) mass is 356 g/mol. The van der Waals surface area contributed by atoms with Crippen LogP contribution in [-0.2, 0) is 6.18 Å². The lowest BCUT2D eigenvalue weighted by Gasteiger charge is -2.09. The molecule has 0 saturated heterocycles. The van der Waals surface area contributed by atoms with Crippen LogP contribution in [0.15, 0.2) is 60.0 Å². The maximum Gasteiger partial charge on any atom is 0.416 e. The Labute approximate surface area is 146 Å². The summed E-state index contributed by atoms with van der Waals surface area (Å²) in [5.74, 6) is 0. The van der Waals surface area contributed by atoms with Gasteiger partial charge in [0.05, 0.1) is 16.8 Å². The average molecular weight is 356 g/mol. The van der Waals surface area contributed by atoms with Crippen molar-refractivity contribution in [1.82, 2.24) is 4.98 Å². The minimum atomic E-state index is -4.48. The Kier molecular flexibility index (Phi) is 4.68. The third-order valence-corrected chi connectivity index (χ3v) is 4.38. The number of alkyl halides is 3. The molecule has 0 N–H and O–H groups in total. The minimum Gasteiger partial charge on any atom is -0.235 e. The molecule has 25 heavy (non-hydrogen) atoms. The standard InChI is InChI=1S/C19H11F3N2S/c20-19(21,22)16-9-5-4-8-14(16)10-15(11-23)17-12-25-18(24-17)13-6-2-1-3-7-13/h1-10,12H. The molecular weight excluding hydrogens is 345 g/mol. The lowest BCUT2D eigenvalue weighted by atomic mass is 10.0. The lowest BCUT2D eigenvalue weighted by molar-refractivity contribution is -0.137. The topological polar surface area (TPSA) is 36.7 Å². The SMILES string of the molecule is N#CC(=Cc1ccccc1C(F)(F)F)c1csc(-c2ccccc2)n1. The summed E-state index contributed by atoms with van der Waals surface area (Å²) in [5.41, 5.74) is 0.521. The van der Waals surface area contributed by atoms with Crippen LogP contribution in [-0.4, -0.2) is 4.98 Å². The van der Waals surface area contributed by atoms with Crippen LogP contribution in [0, 0.1) is 11.3 Å². The van der Waals surface area contributed by atoms with Crippen LogP contribution in [0.2, 0.25) is 0 Å². The fourth-order valence-electron chi connectivity index (χ4n) is 2.31. The summed E-state index contributed by atoms with van der Waals surface area (Å²) < 4.78 is 39.3. The number of benzene rings is 2. The van der Waals surface area contributed by atoms with Crippen molar-refractivity contribution in [2.75, 3.05) is 0 Å². The van der Waals surface area contributed by atoms with E-state index in [-0.39, 0.29) is 11.1 Å². The molecule has 1 aromatic heterocycles. The second kappa shape index (κ2) is 6.91. The molecular formula is C19H11F3N2S. The van der Waals surface area contributed by atoms with Gasteiger partial charge < -0.3 is 0 Å². The highest BCUT2D eigenvalue weighted by Gasteiger charge is 2.32. The zero-order valence-corrected chi connectivity index (χ0v) is 13.6. The van der Waals surface area contributed by atoms with Crippen LogP contribution < -0.4 is 0 Å². The molecule has 2 aromatic carbocycles. The van der Waals surface area contributed by atoms with Gasteiger partial charge in [-0.05, 0) is 17.7 Å². The molecule has 0 spiro atoms. The van der Waals surface area contributed by atoms with Crippen molar-refractivity contribution in [3.8, 4) is 16.6 Å². The van der Waals surface area contributed by atoms with Crippen molar-refractivity contribution >= 4 is 23.0 Å². The van der Waals surface area contributed by atoms with Crippen LogP contribution in [0.5, 0.6) is 0 Å². The van der Waals surface area contributed by atoms with Crippen molar-refractivity contribution in [1.29, 1.82) is 5.26 Å². The molecule has 0 saturated carbocycles. The fraction of sp³-hybridized carbons (Fsp3) is 0.0526. The van der Waals surface area contributed by atoms with E-state index in [0.29, 0.717) is 10.7 Å². The smallest absolute Gasteiger partial charge is 0.235 e. The summed E-state index contributed by atoms with van der Waals surface area (Å²) in [6, 6.07) is 16.5. The molecule has 124 valence electrons. The molecule has 1 heterocycles. The summed E-state index contributed by atoms with van der Waals surface area (Å²) in [6.45, 7) is 0. The summed E-state index contributed by atoms with van der Waals surface area (Å²) in [5, 5.41) is 11.8. The average Bonchev–Trinajstić information content (AvgIpc) is 3.10. The van der Waals surface area contributed by atoms with Gasteiger partial charge in [-0.2, -0.15) is 18.4 Å². The summed E-state index contributed by atoms with van der Waals surface area (Å²) in [7, 11) is 0. The normalized spacial score (nSPS) is 12.0. The molecule has 3 rings (SSSR count). The highest BCUT2D eigenvalue weighted by molar-refractivity contribution is 7.13. The third kappa shape index (κ3) is 3.78. The Hall–Kier alpha value is -2.91. The molecule has 0 aliphatic carbocycles. The van der Waals surface area contributed by atoms with E-state index >= 15 is 0 Å². The van der Waals surface area contributed by atoms with E-state index in [2.05, 4.69) is 4.98 Å². The first-order chi connectivity index (χ1) is 12.0. The van der Waals surface area contributed by atoms with Crippen LogP contribution in [0.4, 0.5) is 13.2 Å². The first kappa shape index (κ1) is 16.9. The van der Waals surface area contributed by atoms with E-state index in [1.165, 1.54) is 35.6 Å². The van der Waals surface area contributed by atoms with Gasteiger partial charge in [0.15, 0.2) is 0 Å². The number of rotatable bonds is 3. The van der Waals surface area contributed by atoms with E-state index in [9.17, 15) is 18.4 Å². The maximum absolute atomic E-state index is 13.1. The van der Waals surface area contributed by atoms with E-state index in [0.717, 1.165) is 11.6 Å². The van der Waals surface area contributed by atoms with E-state index in [1.54, 1.807) is 5.38 Å². The van der Waals surface area contributed by atoms with Gasteiger partial charge in [-0.1, -0.05) is 48.5 Å². The van der Waals surface area contributed by atoms with Gasteiger partial charge >= 0.3 is 6.18 Å². The van der Waals surface area contributed by atoms with Gasteiger partial charge in [0.1, 0.15) is 11.1 Å². The van der Waals surface area contributed by atoms with Crippen molar-refractivity contribution in [2.45, 2.75) is 6.18 Å². The molecule has 0 aliphatic rings. The van der Waals surface area contributed by atoms with Gasteiger partial charge in [-0.25, -0.2) is 4.98 Å². The van der Waals surface area contributed by atoms with Crippen molar-refractivity contribution in [3.63, 3.8) is 0 Å². The molecule has 0 unspecified atom stereocenters. The van der Waals surface area contributed by atoms with Gasteiger partial charge in [0.25, 0.3) is 0 Å². The van der Waals surface area contributed by atoms with Crippen molar-refractivity contribution in [2.24, 2.45) is 0 Å². The van der Waals surface area contributed by atoms with Crippen LogP contribution >= 0.6 is 11.3 Å². The second-order valence-electron chi connectivity index (χ2n) is 5.16. The van der Waals surface area contributed by atoms with Gasteiger partial charge in [0, 0.05) is 10.9 Å². The largest absolute Gasteiger partial charge is 0.416 e. The summed E-state index contributed by atoms with van der Waals surface area (Å²) in [6.07, 6.45) is -3.25. The second-order valence-corrected chi connectivity index (χ2v) is 6.02. The molecule has 0 radical (unpaired) electrons. The van der Waals surface area contributed by atoms with Gasteiger partial charge in [-0.3, -0.25) is 0 Å². The predicted octanol–water partition coefficient (Wildman–Crippen LogP) is 5.89. The summed E-state index contributed by atoms with van der Waals surface area (Å²) in [4.78, 5) is 4.39. The quantitative estimate of drug-likeness (QED) is 0.548. The first-order valence-electron chi connectivity index (χ1n) is 7.28. The van der Waals surface area contributed by atoms with Crippen LogP contribution in [0.1, 0.15) is 16.8 Å². The Morgan fingerprint density at radius 1 is 1.04 bits per heavy atom. The minimum absolute atomic E-state index is 0.0548. The zero-order chi connectivity index (χ0) is 17.9. The van der Waals surface area contributed by atoms with Crippen molar-refractivity contribution in [3.05, 3.63) is 76.8 Å². The molecule has 0 fully saturated rings. The number of thiazole rings is 1. The number of hydrogen-bond acceptors (Lipinski definition) is 3. The number of nitrogens with zero attached hydrogens (tertiary/aromatic N) is 2. The maximum atomic E-state index is 13.1. The van der Waals surface area contributed by atoms with Crippen LogP contribution in [0.25, 0.3) is 22.2 Å². The molecule has 0 amide bonds. The molecule has 6 heteroatoms. The molecule has 3 aromatic rings. The lowest BCUT2D eigenvalue weighted by Crippen LogP contribution is -2.07. The number of nitriles is 1. The first-order valence-corrected chi connectivity index (χ1v) is 8.16. The van der Waals surface area contributed by atoms with E-state index in [1.807, 2.05) is 36.4 Å². The molecule has 0 bridgehead atoms. The highest BCUT2D eigenvalue weighted by Crippen LogP contribution is 2.34. The Balaban J connectivity index is 2.01. The highest BCUT2D eigenvalue weighted by atomic mass is 32.1. The van der Waals surface area contributed by atoms with Gasteiger partial charge in [0.2, 0.25) is 0 Å². The van der Waals surface area contributed by atoms with E-state index in [4.69, 9.17) is 0 Å². The molecule has 0 atom stereocenters. The summed E-state index contributed by atoms with van der Waals surface area (Å²) >= 11 is 1.34. The van der Waals surface area contributed by atoms with E-state index < -0.39 is 11.7 Å². The predicted molar refractivity (Wildman–Crippen MR) is 92.5 cm³/mol. The fourth-order valence-corrected chi connectivity index (χ4v) is 3.14. The number of halogens is 3. The Bertz CT molecular complexity index is 951. The number of hydrogen-bond donors (Lipinski definition) is 0. The van der Waals surface area contributed by atoms with Crippen LogP contribution in [0.3, 0.4) is 0 Å². The number of allylic oxidation sites excluding steroid dienone is 1. The number of aromatic nitrogens is 1. The zero-order valence-electron chi connectivity index (χ0n) is 12.8. The Morgan fingerprint density at radius 3 is 2.40 bits per heavy atom. The van der Waals surface area contributed by atoms with Crippen molar-refractivity contribution < 1.29 is 13.2 Å². The molecule has 0 aliphatic heterocycles. The van der Waals surface area contributed by atoms with Gasteiger partial charge in [-0.15, -0.1) is 11.3 Å². The Morgan fingerprint density at radius 2 is 1.72 bits per heavy atom.